The normalized spacial score (nSPS) is 12.3. The van der Waals surface area contributed by atoms with E-state index in [9.17, 15) is 27.6 Å². The highest BCUT2D eigenvalue weighted by Gasteiger charge is 2.36. The van der Waals surface area contributed by atoms with E-state index in [2.05, 4.69) is 5.32 Å². The van der Waals surface area contributed by atoms with E-state index in [0.29, 0.717) is 34.4 Å². The second-order valence-electron chi connectivity index (χ2n) is 11.5. The zero-order valence-corrected chi connectivity index (χ0v) is 26.7. The number of alkyl halides is 3. The van der Waals surface area contributed by atoms with Crippen LogP contribution in [0.1, 0.15) is 72.6 Å². The van der Waals surface area contributed by atoms with Gasteiger partial charge in [0.1, 0.15) is 0 Å². The fraction of sp³-hybridized carbons (Fsp3) is 0.289. The van der Waals surface area contributed by atoms with Crippen molar-refractivity contribution in [1.82, 2.24) is 0 Å². The van der Waals surface area contributed by atoms with Crippen molar-refractivity contribution in [3.05, 3.63) is 125 Å². The molecule has 47 heavy (non-hydrogen) atoms. The minimum Gasteiger partial charge on any atom is -0.452 e. The van der Waals surface area contributed by atoms with Crippen LogP contribution in [-0.2, 0) is 38.8 Å². The SMILES string of the molecule is CCc1cc(CC(=O)OC(CC(CC)(CC)c2ccccc2)C(N)=O)ccc1NC(=O)c1ccccc1-c1ccc(C(F)(F)F)cc1. The Balaban J connectivity index is 1.48. The Morgan fingerprint density at radius 3 is 2.04 bits per heavy atom. The van der Waals surface area contributed by atoms with Crippen LogP contribution in [0.15, 0.2) is 97.1 Å². The Morgan fingerprint density at radius 2 is 1.45 bits per heavy atom. The number of amides is 2. The van der Waals surface area contributed by atoms with Crippen LogP contribution in [0.25, 0.3) is 11.1 Å². The summed E-state index contributed by atoms with van der Waals surface area (Å²) in [6, 6.07) is 26.4. The van der Waals surface area contributed by atoms with Crippen molar-refractivity contribution >= 4 is 23.5 Å². The Morgan fingerprint density at radius 1 is 0.809 bits per heavy atom. The van der Waals surface area contributed by atoms with Crippen LogP contribution >= 0.6 is 0 Å². The lowest BCUT2D eigenvalue weighted by Gasteiger charge is -2.34. The largest absolute Gasteiger partial charge is 0.452 e. The summed E-state index contributed by atoms with van der Waals surface area (Å²) in [6.45, 7) is 5.98. The fourth-order valence-corrected chi connectivity index (χ4v) is 5.91. The van der Waals surface area contributed by atoms with Crippen molar-refractivity contribution in [3.8, 4) is 11.1 Å². The number of nitrogens with two attached hydrogens (primary N) is 1. The maximum atomic E-state index is 13.4. The lowest BCUT2D eigenvalue weighted by molar-refractivity contribution is -0.155. The standard InChI is InChI=1S/C38H39F3N2O4/c1-4-26-22-25(23-34(44)47-33(35(42)45)24-37(5-2,6-3)28-12-8-7-9-13-28)16-21-32(26)43-36(46)31-15-11-10-14-30(31)27-17-19-29(20-18-27)38(39,40)41/h7-22,33H,4-6,23-24H2,1-3H3,(H2,42,45)(H,43,46). The number of aryl methyl sites for hydroxylation is 1. The number of anilines is 1. The molecule has 6 nitrogen and oxygen atoms in total. The van der Waals surface area contributed by atoms with Crippen LogP contribution in [0.3, 0.4) is 0 Å². The van der Waals surface area contributed by atoms with E-state index >= 15 is 0 Å². The molecule has 0 fully saturated rings. The van der Waals surface area contributed by atoms with E-state index in [-0.39, 0.29) is 18.3 Å². The summed E-state index contributed by atoms with van der Waals surface area (Å²) in [5, 5.41) is 2.91. The average Bonchev–Trinajstić information content (AvgIpc) is 3.07. The topological polar surface area (TPSA) is 98.5 Å². The number of nitrogens with one attached hydrogen (secondary N) is 1. The van der Waals surface area contributed by atoms with Crippen LogP contribution in [0.2, 0.25) is 0 Å². The van der Waals surface area contributed by atoms with Gasteiger partial charge >= 0.3 is 12.1 Å². The molecule has 3 N–H and O–H groups in total. The maximum absolute atomic E-state index is 13.4. The molecule has 0 aliphatic heterocycles. The second kappa shape index (κ2) is 15.1. The third kappa shape index (κ3) is 8.47. The molecule has 0 aliphatic rings. The molecule has 0 aromatic heterocycles. The molecular weight excluding hydrogens is 605 g/mol. The van der Waals surface area contributed by atoms with E-state index < -0.39 is 35.6 Å². The van der Waals surface area contributed by atoms with Crippen LogP contribution in [-0.4, -0.2) is 23.9 Å². The molecule has 246 valence electrons. The first-order chi connectivity index (χ1) is 22.4. The van der Waals surface area contributed by atoms with Gasteiger partial charge in [-0.05, 0) is 76.8 Å². The Labute approximate surface area is 273 Å². The van der Waals surface area contributed by atoms with E-state index in [4.69, 9.17) is 10.5 Å². The van der Waals surface area contributed by atoms with Crippen molar-refractivity contribution in [2.24, 2.45) is 5.73 Å². The lowest BCUT2D eigenvalue weighted by Crippen LogP contribution is -2.40. The molecule has 0 spiro atoms. The van der Waals surface area contributed by atoms with Gasteiger partial charge in [0.25, 0.3) is 11.8 Å². The first-order valence-corrected chi connectivity index (χ1v) is 15.6. The molecule has 2 amide bonds. The predicted molar refractivity (Wildman–Crippen MR) is 177 cm³/mol. The number of hydrogen-bond donors (Lipinski definition) is 2. The maximum Gasteiger partial charge on any atom is 0.416 e. The van der Waals surface area contributed by atoms with Crippen molar-refractivity contribution in [1.29, 1.82) is 0 Å². The highest BCUT2D eigenvalue weighted by Crippen LogP contribution is 2.37. The van der Waals surface area contributed by atoms with Gasteiger partial charge in [0.2, 0.25) is 0 Å². The predicted octanol–water partition coefficient (Wildman–Crippen LogP) is 8.27. The second-order valence-corrected chi connectivity index (χ2v) is 11.5. The van der Waals surface area contributed by atoms with Crippen LogP contribution in [0, 0.1) is 0 Å². The number of esters is 1. The lowest BCUT2D eigenvalue weighted by atomic mass is 9.72. The number of hydrogen-bond acceptors (Lipinski definition) is 4. The first kappa shape index (κ1) is 34.9. The molecule has 0 saturated carbocycles. The summed E-state index contributed by atoms with van der Waals surface area (Å²) in [7, 11) is 0. The molecule has 0 saturated heterocycles. The molecule has 1 atom stereocenters. The van der Waals surface area contributed by atoms with Gasteiger partial charge < -0.3 is 15.8 Å². The number of halogens is 3. The molecule has 4 aromatic rings. The van der Waals surface area contributed by atoms with Crippen molar-refractivity contribution in [2.45, 2.75) is 70.6 Å². The van der Waals surface area contributed by atoms with Crippen molar-refractivity contribution < 1.29 is 32.3 Å². The van der Waals surface area contributed by atoms with Gasteiger partial charge in [-0.2, -0.15) is 13.2 Å². The van der Waals surface area contributed by atoms with E-state index in [0.717, 1.165) is 36.1 Å². The van der Waals surface area contributed by atoms with Crippen LogP contribution in [0.4, 0.5) is 18.9 Å². The average molecular weight is 645 g/mol. The Hall–Kier alpha value is -4.92. The van der Waals surface area contributed by atoms with E-state index in [1.165, 1.54) is 12.1 Å². The highest BCUT2D eigenvalue weighted by molar-refractivity contribution is 6.09. The number of carbonyl (C=O) groups is 3. The smallest absolute Gasteiger partial charge is 0.416 e. The number of ether oxygens (including phenoxy) is 1. The summed E-state index contributed by atoms with van der Waals surface area (Å²) in [5.41, 5.74) is 8.79. The van der Waals surface area contributed by atoms with E-state index in [1.807, 2.05) is 51.1 Å². The Kier molecular flexibility index (Phi) is 11.2. The summed E-state index contributed by atoms with van der Waals surface area (Å²) >= 11 is 0. The third-order valence-electron chi connectivity index (χ3n) is 8.75. The van der Waals surface area contributed by atoms with Gasteiger partial charge in [0.15, 0.2) is 6.10 Å². The number of rotatable bonds is 13. The number of carbonyl (C=O) groups excluding carboxylic acids is 3. The third-order valence-corrected chi connectivity index (χ3v) is 8.75. The summed E-state index contributed by atoms with van der Waals surface area (Å²) in [5.74, 6) is -1.72. The molecule has 4 aromatic carbocycles. The van der Waals surface area contributed by atoms with Gasteiger partial charge in [0, 0.05) is 17.7 Å². The zero-order valence-electron chi connectivity index (χ0n) is 26.7. The molecule has 0 bridgehead atoms. The molecule has 9 heteroatoms. The first-order valence-electron chi connectivity index (χ1n) is 15.6. The molecule has 0 aliphatic carbocycles. The molecular formula is C38H39F3N2O4. The fourth-order valence-electron chi connectivity index (χ4n) is 5.91. The highest BCUT2D eigenvalue weighted by atomic mass is 19.4. The Bertz CT molecular complexity index is 1700. The van der Waals surface area contributed by atoms with Crippen molar-refractivity contribution in [2.75, 3.05) is 5.32 Å². The van der Waals surface area contributed by atoms with Gasteiger partial charge in [-0.15, -0.1) is 0 Å². The van der Waals surface area contributed by atoms with Crippen molar-refractivity contribution in [3.63, 3.8) is 0 Å². The number of primary amides is 1. The number of benzene rings is 4. The van der Waals surface area contributed by atoms with Crippen LogP contribution in [0.5, 0.6) is 0 Å². The van der Waals surface area contributed by atoms with Gasteiger partial charge in [-0.25, -0.2) is 0 Å². The minimum atomic E-state index is -4.46. The van der Waals surface area contributed by atoms with E-state index in [1.54, 1.807) is 42.5 Å². The van der Waals surface area contributed by atoms with Crippen LogP contribution < -0.4 is 11.1 Å². The minimum absolute atomic E-state index is 0.0989. The summed E-state index contributed by atoms with van der Waals surface area (Å²) < 4.78 is 44.9. The monoisotopic (exact) mass is 644 g/mol. The van der Waals surface area contributed by atoms with Gasteiger partial charge in [-0.3, -0.25) is 14.4 Å². The molecule has 4 rings (SSSR count). The summed E-state index contributed by atoms with van der Waals surface area (Å²) in [6.07, 6.45) is -3.39. The quantitative estimate of drug-likeness (QED) is 0.143. The van der Waals surface area contributed by atoms with Gasteiger partial charge in [-0.1, -0.05) is 93.6 Å². The molecule has 1 unspecified atom stereocenters. The summed E-state index contributed by atoms with van der Waals surface area (Å²) in [4.78, 5) is 38.9. The van der Waals surface area contributed by atoms with Gasteiger partial charge in [0.05, 0.1) is 12.0 Å². The molecule has 0 heterocycles. The zero-order chi connectivity index (χ0) is 34.2. The molecule has 0 radical (unpaired) electrons.